The molecule has 45 heavy (non-hydrogen) atoms. The van der Waals surface area contributed by atoms with Gasteiger partial charge in [0.2, 0.25) is 23.6 Å². The Labute approximate surface area is 261 Å². The second kappa shape index (κ2) is 14.4. The van der Waals surface area contributed by atoms with E-state index in [-0.39, 0.29) is 17.7 Å². The number of anilines is 2. The zero-order valence-electron chi connectivity index (χ0n) is 25.1. The lowest BCUT2D eigenvalue weighted by atomic mass is 9.81. The van der Waals surface area contributed by atoms with E-state index in [4.69, 9.17) is 10.5 Å². The Kier molecular flexibility index (Phi) is 9.66. The Morgan fingerprint density at radius 3 is 2.42 bits per heavy atom. The number of hydrogen-bond acceptors (Lipinski definition) is 10. The summed E-state index contributed by atoms with van der Waals surface area (Å²) < 4.78 is 5.43. The van der Waals surface area contributed by atoms with E-state index in [0.717, 1.165) is 61.0 Å². The highest BCUT2D eigenvalue weighted by Crippen LogP contribution is 2.29. The summed E-state index contributed by atoms with van der Waals surface area (Å²) in [7, 11) is 0. The van der Waals surface area contributed by atoms with Crippen molar-refractivity contribution in [2.24, 2.45) is 17.6 Å². The number of H-pyrrole nitrogens is 1. The van der Waals surface area contributed by atoms with Crippen molar-refractivity contribution in [3.05, 3.63) is 66.5 Å². The van der Waals surface area contributed by atoms with Crippen molar-refractivity contribution in [1.82, 2.24) is 35.9 Å². The second-order valence-electron chi connectivity index (χ2n) is 11.6. The van der Waals surface area contributed by atoms with E-state index in [1.54, 1.807) is 24.3 Å². The van der Waals surface area contributed by atoms with Crippen LogP contribution < -0.4 is 21.3 Å². The second-order valence-corrected chi connectivity index (χ2v) is 11.6. The molecule has 2 aliphatic rings. The molecule has 0 spiro atoms. The van der Waals surface area contributed by atoms with Crippen LogP contribution in [0.5, 0.6) is 0 Å². The van der Waals surface area contributed by atoms with Crippen LogP contribution in [0.2, 0.25) is 0 Å². The Bertz CT molecular complexity index is 1550. The van der Waals surface area contributed by atoms with E-state index in [0.29, 0.717) is 49.6 Å². The monoisotopic (exact) mass is 610 g/mol. The van der Waals surface area contributed by atoms with Gasteiger partial charge >= 0.3 is 0 Å². The van der Waals surface area contributed by atoms with E-state index in [9.17, 15) is 9.59 Å². The molecule has 13 nitrogen and oxygen atoms in total. The van der Waals surface area contributed by atoms with Crippen LogP contribution in [0.3, 0.4) is 0 Å². The quantitative estimate of drug-likeness (QED) is 0.209. The van der Waals surface area contributed by atoms with Crippen molar-refractivity contribution in [3.8, 4) is 22.5 Å². The topological polar surface area (TPSA) is 177 Å². The van der Waals surface area contributed by atoms with Gasteiger partial charge in [-0.3, -0.25) is 9.59 Å². The predicted octanol–water partition coefficient (Wildman–Crippen LogP) is 2.59. The number of carbonyl (C=O) groups is 2. The molecular weight excluding hydrogens is 572 g/mol. The zero-order chi connectivity index (χ0) is 31.0. The third-order valence-electron chi connectivity index (χ3n) is 8.57. The van der Waals surface area contributed by atoms with Crippen LogP contribution in [0.1, 0.15) is 31.2 Å². The maximum absolute atomic E-state index is 13.7. The lowest BCUT2D eigenvalue weighted by Crippen LogP contribution is -2.48. The van der Waals surface area contributed by atoms with Gasteiger partial charge in [0.15, 0.2) is 0 Å². The molecule has 1 saturated heterocycles. The minimum atomic E-state index is -0.781. The first-order valence-corrected chi connectivity index (χ1v) is 15.4. The Morgan fingerprint density at radius 2 is 1.73 bits per heavy atom. The van der Waals surface area contributed by atoms with E-state index in [1.165, 1.54) is 0 Å². The van der Waals surface area contributed by atoms with E-state index in [1.807, 2.05) is 36.7 Å². The molecule has 2 fully saturated rings. The Hall–Kier alpha value is -4.75. The third-order valence-corrected chi connectivity index (χ3v) is 8.57. The molecule has 234 valence electrons. The molecular formula is C32H38N10O3. The number of carbonyl (C=O) groups excluding carboxylic acids is 2. The van der Waals surface area contributed by atoms with E-state index < -0.39 is 6.04 Å². The van der Waals surface area contributed by atoms with Gasteiger partial charge in [-0.25, -0.2) is 9.97 Å². The van der Waals surface area contributed by atoms with Gasteiger partial charge in [0.05, 0.1) is 13.2 Å². The molecule has 2 aromatic heterocycles. The number of nitrogens with zero attached hydrogens (tertiary/aromatic N) is 6. The number of rotatable bonds is 10. The molecule has 1 aliphatic heterocycles. The summed E-state index contributed by atoms with van der Waals surface area (Å²) in [4.78, 5) is 38.4. The summed E-state index contributed by atoms with van der Waals surface area (Å²) >= 11 is 0. The zero-order valence-corrected chi connectivity index (χ0v) is 25.1. The standard InChI is InChI=1S/C32H38N10O3/c33-18-21-4-6-24(7-5-21)30(43)37-28(31(44)36-27-10-8-23(9-11-27)29-38-40-41-39-29)17-22-2-1-3-25(16-22)26-19-34-32(35-20-26)42-12-14-45-15-13-42/h1-3,8-11,16,19-21,24,28H,4-7,12-15,17-18,33H2,(H,36,44)(H,37,43)(H,38,39,40,41)/t21?,24?,28-/m0/s1. The van der Waals surface area contributed by atoms with Crippen molar-refractivity contribution in [1.29, 1.82) is 0 Å². The molecule has 5 N–H and O–H groups in total. The highest BCUT2D eigenvalue weighted by Gasteiger charge is 2.29. The number of nitrogens with one attached hydrogen (secondary N) is 3. The summed E-state index contributed by atoms with van der Waals surface area (Å²) in [5.41, 5.74) is 9.93. The van der Waals surface area contributed by atoms with Crippen molar-refractivity contribution in [2.75, 3.05) is 43.1 Å². The fourth-order valence-corrected chi connectivity index (χ4v) is 5.89. The van der Waals surface area contributed by atoms with Gasteiger partial charge in [0.1, 0.15) is 6.04 Å². The molecule has 0 radical (unpaired) electrons. The average Bonchev–Trinajstić information content (AvgIpc) is 3.64. The first-order valence-electron chi connectivity index (χ1n) is 15.4. The van der Waals surface area contributed by atoms with Gasteiger partial charge in [-0.2, -0.15) is 5.21 Å². The molecule has 0 bridgehead atoms. The number of nitrogens with two attached hydrogens (primary N) is 1. The summed E-state index contributed by atoms with van der Waals surface area (Å²) in [6.45, 7) is 3.50. The molecule has 3 heterocycles. The molecule has 1 aliphatic carbocycles. The summed E-state index contributed by atoms with van der Waals surface area (Å²) in [5.74, 6) is 1.08. The van der Waals surface area contributed by atoms with Crippen molar-refractivity contribution < 1.29 is 14.3 Å². The number of aromatic nitrogens is 6. The molecule has 2 aromatic carbocycles. The number of ether oxygens (including phenoxy) is 1. The number of benzene rings is 2. The fourth-order valence-electron chi connectivity index (χ4n) is 5.89. The van der Waals surface area contributed by atoms with E-state index in [2.05, 4.69) is 46.1 Å². The first kappa shape index (κ1) is 30.3. The van der Waals surface area contributed by atoms with Crippen molar-refractivity contribution >= 4 is 23.5 Å². The fraction of sp³-hybridized carbons (Fsp3) is 0.406. The number of amides is 2. The maximum atomic E-state index is 13.7. The minimum Gasteiger partial charge on any atom is -0.378 e. The summed E-state index contributed by atoms with van der Waals surface area (Å²) in [6.07, 6.45) is 7.35. The number of aromatic amines is 1. The highest BCUT2D eigenvalue weighted by atomic mass is 16.5. The van der Waals surface area contributed by atoms with Crippen molar-refractivity contribution in [3.63, 3.8) is 0 Å². The van der Waals surface area contributed by atoms with Crippen LogP contribution in [0.15, 0.2) is 60.9 Å². The highest BCUT2D eigenvalue weighted by molar-refractivity contribution is 5.97. The van der Waals surface area contributed by atoms with Crippen LogP contribution in [0.25, 0.3) is 22.5 Å². The molecule has 2 amide bonds. The van der Waals surface area contributed by atoms with Crippen molar-refractivity contribution in [2.45, 2.75) is 38.1 Å². The molecule has 13 heteroatoms. The van der Waals surface area contributed by atoms with Crippen LogP contribution in [-0.4, -0.2) is 81.3 Å². The first-order chi connectivity index (χ1) is 22.1. The van der Waals surface area contributed by atoms with Crippen LogP contribution in [0, 0.1) is 11.8 Å². The van der Waals surface area contributed by atoms with Gasteiger partial charge in [0.25, 0.3) is 0 Å². The lowest BCUT2D eigenvalue weighted by molar-refractivity contribution is -0.130. The molecule has 0 unspecified atom stereocenters. The van der Waals surface area contributed by atoms with Crippen LogP contribution in [0.4, 0.5) is 11.6 Å². The van der Waals surface area contributed by atoms with Gasteiger partial charge in [-0.1, -0.05) is 24.3 Å². The Balaban J connectivity index is 1.17. The van der Waals surface area contributed by atoms with Gasteiger partial charge in [0, 0.05) is 54.6 Å². The third kappa shape index (κ3) is 7.67. The smallest absolute Gasteiger partial charge is 0.247 e. The average molecular weight is 611 g/mol. The summed E-state index contributed by atoms with van der Waals surface area (Å²) in [6, 6.07) is 14.3. The normalized spacial score (nSPS) is 19.1. The van der Waals surface area contributed by atoms with Gasteiger partial charge in [-0.05, 0) is 78.8 Å². The minimum absolute atomic E-state index is 0.0960. The van der Waals surface area contributed by atoms with Gasteiger partial charge in [-0.15, -0.1) is 10.2 Å². The van der Waals surface area contributed by atoms with E-state index >= 15 is 0 Å². The SMILES string of the molecule is NCC1CCC(C(=O)N[C@@H](Cc2cccc(-c3cnc(N4CCOCC4)nc3)c2)C(=O)Nc2ccc(-c3nn[nH]n3)cc2)CC1. The molecule has 4 aromatic rings. The Morgan fingerprint density at radius 1 is 0.978 bits per heavy atom. The lowest BCUT2D eigenvalue weighted by Gasteiger charge is -2.28. The number of hydrogen-bond donors (Lipinski definition) is 4. The van der Waals surface area contributed by atoms with Crippen LogP contribution >= 0.6 is 0 Å². The predicted molar refractivity (Wildman–Crippen MR) is 169 cm³/mol. The van der Waals surface area contributed by atoms with Gasteiger partial charge < -0.3 is 26.0 Å². The molecule has 1 saturated carbocycles. The van der Waals surface area contributed by atoms with Crippen LogP contribution in [-0.2, 0) is 20.7 Å². The molecule has 1 atom stereocenters. The largest absolute Gasteiger partial charge is 0.378 e. The number of morpholine rings is 1. The molecule has 6 rings (SSSR count). The maximum Gasteiger partial charge on any atom is 0.247 e. The summed E-state index contributed by atoms with van der Waals surface area (Å²) in [5, 5.41) is 20.1. The number of tetrazole rings is 1.